The highest BCUT2D eigenvalue weighted by Gasteiger charge is 2.32. The molecule has 4 unspecified atom stereocenters. The molecule has 0 aliphatic heterocycles. The van der Waals surface area contributed by atoms with Crippen LogP contribution in [-0.2, 0) is 38.4 Å². The predicted molar refractivity (Wildman–Crippen MR) is 182 cm³/mol. The Balaban J connectivity index is 1.35. The molecule has 3 aromatic carbocycles. The molecule has 4 atom stereocenters. The number of aromatic amines is 2. The molecule has 2 aromatic heterocycles. The minimum absolute atomic E-state index is 0.0163. The highest BCUT2D eigenvalue weighted by atomic mass is 16.4. The number of benzene rings is 3. The lowest BCUT2D eigenvalue weighted by molar-refractivity contribution is -0.142. The Bertz CT molecular complexity index is 1910. The standard InChI is InChI=1S/C36H40N6O6/c1-20(2)32(42-33(44)27(37)15-21-11-13-24(43)14-12-21)35(46)40-30(16-22-18-38-28-9-5-3-7-25(22)28)34(45)41-31(36(47)48)17-23-19-39-29-10-6-4-8-26(23)29/h3-14,18-20,27,30-32,38-39,43H,15-17,37H2,1-2H3,(H,40,46)(H,41,45)(H,42,44)(H,47,48). The number of para-hydroxylation sites is 2. The number of fused-ring (bicyclic) bond motifs is 2. The minimum Gasteiger partial charge on any atom is -0.508 e. The summed E-state index contributed by atoms with van der Waals surface area (Å²) in [6, 6.07) is 16.8. The van der Waals surface area contributed by atoms with Crippen LogP contribution in [-0.4, -0.2) is 68.0 Å². The lowest BCUT2D eigenvalue weighted by Gasteiger charge is -2.27. The molecule has 9 N–H and O–H groups in total. The monoisotopic (exact) mass is 652 g/mol. The first-order valence-corrected chi connectivity index (χ1v) is 15.8. The molecule has 5 aromatic rings. The fraction of sp³-hybridized carbons (Fsp3) is 0.278. The maximum absolute atomic E-state index is 13.9. The van der Waals surface area contributed by atoms with Gasteiger partial charge in [0, 0.05) is 47.0 Å². The number of nitrogens with one attached hydrogen (secondary N) is 5. The average molecular weight is 653 g/mol. The molecular formula is C36H40N6O6. The van der Waals surface area contributed by atoms with E-state index in [4.69, 9.17) is 5.73 Å². The molecule has 0 fully saturated rings. The fourth-order valence-electron chi connectivity index (χ4n) is 5.76. The van der Waals surface area contributed by atoms with Crippen LogP contribution in [0.15, 0.2) is 85.2 Å². The summed E-state index contributed by atoms with van der Waals surface area (Å²) in [5, 5.41) is 29.5. The molecule has 0 spiro atoms. The molecule has 0 radical (unpaired) electrons. The van der Waals surface area contributed by atoms with E-state index >= 15 is 0 Å². The predicted octanol–water partition coefficient (Wildman–Crippen LogP) is 2.91. The van der Waals surface area contributed by atoms with Crippen LogP contribution in [0.25, 0.3) is 21.8 Å². The summed E-state index contributed by atoms with van der Waals surface area (Å²) in [5.41, 5.74) is 10.1. The van der Waals surface area contributed by atoms with Crippen LogP contribution < -0.4 is 21.7 Å². The van der Waals surface area contributed by atoms with Crippen molar-refractivity contribution in [2.24, 2.45) is 11.7 Å². The zero-order valence-electron chi connectivity index (χ0n) is 26.7. The number of nitrogens with two attached hydrogens (primary N) is 1. The Labute approximate surface area is 277 Å². The van der Waals surface area contributed by atoms with Gasteiger partial charge in [-0.25, -0.2) is 4.79 Å². The molecule has 12 heteroatoms. The molecule has 0 aliphatic carbocycles. The third-order valence-corrected chi connectivity index (χ3v) is 8.42. The van der Waals surface area contributed by atoms with Gasteiger partial charge < -0.3 is 41.9 Å². The van der Waals surface area contributed by atoms with E-state index in [0.717, 1.165) is 38.5 Å². The second-order valence-corrected chi connectivity index (χ2v) is 12.3. The zero-order chi connectivity index (χ0) is 34.4. The summed E-state index contributed by atoms with van der Waals surface area (Å²) in [4.78, 5) is 59.4. The minimum atomic E-state index is -1.28. The van der Waals surface area contributed by atoms with Crippen LogP contribution in [0.5, 0.6) is 5.75 Å². The van der Waals surface area contributed by atoms with E-state index < -0.39 is 47.9 Å². The van der Waals surface area contributed by atoms with E-state index in [0.29, 0.717) is 0 Å². The van der Waals surface area contributed by atoms with Crippen molar-refractivity contribution in [3.63, 3.8) is 0 Å². The number of H-pyrrole nitrogens is 2. The van der Waals surface area contributed by atoms with E-state index in [-0.39, 0.29) is 30.9 Å². The van der Waals surface area contributed by atoms with Gasteiger partial charge in [-0.05, 0) is 53.3 Å². The van der Waals surface area contributed by atoms with Crippen molar-refractivity contribution in [2.75, 3.05) is 0 Å². The van der Waals surface area contributed by atoms with Gasteiger partial charge in [0.1, 0.15) is 23.9 Å². The number of aliphatic carboxylic acids is 1. The first kappa shape index (κ1) is 33.7. The highest BCUT2D eigenvalue weighted by Crippen LogP contribution is 2.21. The number of phenols is 1. The third kappa shape index (κ3) is 8.02. The largest absolute Gasteiger partial charge is 0.508 e. The van der Waals surface area contributed by atoms with Gasteiger partial charge >= 0.3 is 5.97 Å². The normalized spacial score (nSPS) is 13.9. The van der Waals surface area contributed by atoms with Crippen molar-refractivity contribution in [3.05, 3.63) is 102 Å². The van der Waals surface area contributed by atoms with Crippen LogP contribution in [0, 0.1) is 5.92 Å². The van der Waals surface area contributed by atoms with Crippen LogP contribution in [0.1, 0.15) is 30.5 Å². The Morgan fingerprint density at radius 2 is 1.21 bits per heavy atom. The third-order valence-electron chi connectivity index (χ3n) is 8.42. The molecule has 250 valence electrons. The quantitative estimate of drug-likeness (QED) is 0.0901. The molecule has 0 saturated heterocycles. The van der Waals surface area contributed by atoms with Gasteiger partial charge in [0.15, 0.2) is 0 Å². The second kappa shape index (κ2) is 14.9. The fourth-order valence-corrected chi connectivity index (χ4v) is 5.76. The highest BCUT2D eigenvalue weighted by molar-refractivity contribution is 5.95. The topological polar surface area (TPSA) is 202 Å². The van der Waals surface area contributed by atoms with Gasteiger partial charge in [-0.3, -0.25) is 14.4 Å². The molecule has 3 amide bonds. The van der Waals surface area contributed by atoms with E-state index in [9.17, 15) is 29.4 Å². The van der Waals surface area contributed by atoms with Crippen LogP contribution in [0.2, 0.25) is 0 Å². The molecule has 12 nitrogen and oxygen atoms in total. The van der Waals surface area contributed by atoms with E-state index in [1.807, 2.05) is 48.5 Å². The lowest BCUT2D eigenvalue weighted by atomic mass is 9.99. The number of rotatable bonds is 14. The van der Waals surface area contributed by atoms with Crippen LogP contribution >= 0.6 is 0 Å². The number of aromatic nitrogens is 2. The van der Waals surface area contributed by atoms with E-state index in [2.05, 4.69) is 25.9 Å². The first-order valence-electron chi connectivity index (χ1n) is 15.8. The summed E-state index contributed by atoms with van der Waals surface area (Å²) >= 11 is 0. The molecule has 2 heterocycles. The molecule has 0 bridgehead atoms. The van der Waals surface area contributed by atoms with Crippen molar-refractivity contribution in [3.8, 4) is 5.75 Å². The van der Waals surface area contributed by atoms with Crippen molar-refractivity contribution in [1.82, 2.24) is 25.9 Å². The maximum Gasteiger partial charge on any atom is 0.326 e. The van der Waals surface area contributed by atoms with Crippen molar-refractivity contribution in [1.29, 1.82) is 0 Å². The Morgan fingerprint density at radius 1 is 0.688 bits per heavy atom. The first-order chi connectivity index (χ1) is 23.0. The molecule has 0 aliphatic rings. The second-order valence-electron chi connectivity index (χ2n) is 12.3. The van der Waals surface area contributed by atoms with Crippen LogP contribution in [0.3, 0.4) is 0 Å². The number of amides is 3. The van der Waals surface area contributed by atoms with Gasteiger partial charge in [-0.2, -0.15) is 0 Å². The summed E-state index contributed by atoms with van der Waals surface area (Å²) in [7, 11) is 0. The van der Waals surface area contributed by atoms with Crippen LogP contribution in [0.4, 0.5) is 0 Å². The van der Waals surface area contributed by atoms with E-state index in [1.54, 1.807) is 38.4 Å². The summed E-state index contributed by atoms with van der Waals surface area (Å²) in [5.74, 6) is -3.36. The average Bonchev–Trinajstić information content (AvgIpc) is 3.67. The Kier molecular flexibility index (Phi) is 10.4. The number of hydrogen-bond acceptors (Lipinski definition) is 6. The Morgan fingerprint density at radius 3 is 1.75 bits per heavy atom. The zero-order valence-corrected chi connectivity index (χ0v) is 26.7. The van der Waals surface area contributed by atoms with Crippen molar-refractivity contribution in [2.45, 2.75) is 57.3 Å². The summed E-state index contributed by atoms with van der Waals surface area (Å²) < 4.78 is 0. The number of hydrogen-bond donors (Lipinski definition) is 8. The van der Waals surface area contributed by atoms with Gasteiger partial charge in [0.25, 0.3) is 0 Å². The Hall–Kier alpha value is -5.62. The van der Waals surface area contributed by atoms with E-state index in [1.165, 1.54) is 12.1 Å². The van der Waals surface area contributed by atoms with Gasteiger partial charge in [-0.15, -0.1) is 0 Å². The number of carbonyl (C=O) groups excluding carboxylic acids is 3. The number of aromatic hydroxyl groups is 1. The smallest absolute Gasteiger partial charge is 0.326 e. The molecule has 0 saturated carbocycles. The lowest BCUT2D eigenvalue weighted by Crippen LogP contribution is -2.59. The van der Waals surface area contributed by atoms with Gasteiger partial charge in [0.2, 0.25) is 17.7 Å². The van der Waals surface area contributed by atoms with Gasteiger partial charge in [0.05, 0.1) is 6.04 Å². The molecular weight excluding hydrogens is 612 g/mol. The van der Waals surface area contributed by atoms with Crippen molar-refractivity contribution < 1.29 is 29.4 Å². The SMILES string of the molecule is CC(C)C(NC(=O)C(N)Cc1ccc(O)cc1)C(=O)NC(Cc1c[nH]c2ccccc12)C(=O)NC(Cc1c[nH]c2ccccc12)C(=O)O. The summed E-state index contributed by atoms with van der Waals surface area (Å²) in [6.07, 6.45) is 3.72. The number of carbonyl (C=O) groups is 4. The summed E-state index contributed by atoms with van der Waals surface area (Å²) in [6.45, 7) is 3.51. The van der Waals surface area contributed by atoms with Gasteiger partial charge in [-0.1, -0.05) is 62.4 Å². The maximum atomic E-state index is 13.9. The van der Waals surface area contributed by atoms with Crippen molar-refractivity contribution >= 4 is 45.5 Å². The number of carboxylic acids is 1. The molecule has 48 heavy (non-hydrogen) atoms. The number of carboxylic acid groups (broad SMARTS) is 1. The molecule has 5 rings (SSSR count). The number of phenolic OH excluding ortho intramolecular Hbond substituents is 1.